The molecule has 0 radical (unpaired) electrons. The van der Waals surface area contributed by atoms with Crippen LogP contribution in [-0.4, -0.2) is 17.1 Å². The highest BCUT2D eigenvalue weighted by Gasteiger charge is 2.33. The highest BCUT2D eigenvalue weighted by atomic mass is 79.9. The predicted molar refractivity (Wildman–Crippen MR) is 161 cm³/mol. The highest BCUT2D eigenvalue weighted by Crippen LogP contribution is 2.35. The maximum absolute atomic E-state index is 13.8. The molecule has 0 N–H and O–H groups in total. The number of aromatic nitrogens is 1. The first-order valence-corrected chi connectivity index (χ1v) is 14.8. The summed E-state index contributed by atoms with van der Waals surface area (Å²) in [7, 11) is 0. The van der Waals surface area contributed by atoms with Gasteiger partial charge in [-0.3, -0.25) is 9.36 Å². The monoisotopic (exact) mass is 654 g/mol. The molecule has 0 aliphatic carbocycles. The second-order valence-corrected chi connectivity index (χ2v) is 11.7. The summed E-state index contributed by atoms with van der Waals surface area (Å²) >= 11 is 11.3. The van der Waals surface area contributed by atoms with Crippen molar-refractivity contribution in [1.82, 2.24) is 4.57 Å². The summed E-state index contributed by atoms with van der Waals surface area (Å²) in [5.74, 6) is -0.385. The normalized spacial score (nSPS) is 15.0. The molecule has 0 amide bonds. The van der Waals surface area contributed by atoms with Crippen molar-refractivity contribution in [2.75, 3.05) is 6.61 Å². The number of benzene rings is 3. The number of rotatable bonds is 7. The van der Waals surface area contributed by atoms with Crippen LogP contribution in [0.25, 0.3) is 6.08 Å². The van der Waals surface area contributed by atoms with Gasteiger partial charge in [0.05, 0.1) is 37.9 Å². The summed E-state index contributed by atoms with van der Waals surface area (Å²) < 4.78 is 27.0. The highest BCUT2D eigenvalue weighted by molar-refractivity contribution is 9.10. The van der Waals surface area contributed by atoms with E-state index in [-0.39, 0.29) is 24.6 Å². The summed E-state index contributed by atoms with van der Waals surface area (Å²) in [4.78, 5) is 32.0. The van der Waals surface area contributed by atoms with Gasteiger partial charge in [-0.15, -0.1) is 0 Å². The van der Waals surface area contributed by atoms with Crippen molar-refractivity contribution in [3.63, 3.8) is 0 Å². The summed E-state index contributed by atoms with van der Waals surface area (Å²) in [6, 6.07) is 16.6. The second kappa shape index (κ2) is 12.1. The van der Waals surface area contributed by atoms with E-state index in [1.807, 2.05) is 31.2 Å². The summed E-state index contributed by atoms with van der Waals surface area (Å²) in [6.07, 6.45) is 1.74. The third-order valence-corrected chi connectivity index (χ3v) is 8.38. The average Bonchev–Trinajstić information content (AvgIpc) is 3.23. The maximum Gasteiger partial charge on any atom is 0.338 e. The number of fused-ring (bicyclic) bond motifs is 1. The number of nitrogens with zero attached hydrogens (tertiary/aromatic N) is 2. The van der Waals surface area contributed by atoms with Crippen molar-refractivity contribution in [1.29, 1.82) is 0 Å². The van der Waals surface area contributed by atoms with E-state index in [0.29, 0.717) is 41.4 Å². The fourth-order valence-electron chi connectivity index (χ4n) is 4.54. The van der Waals surface area contributed by atoms with Crippen LogP contribution in [0.15, 0.2) is 86.2 Å². The van der Waals surface area contributed by atoms with Gasteiger partial charge in [-0.05, 0) is 83.7 Å². The van der Waals surface area contributed by atoms with E-state index in [9.17, 15) is 14.0 Å². The van der Waals surface area contributed by atoms with Gasteiger partial charge in [-0.25, -0.2) is 14.2 Å². The van der Waals surface area contributed by atoms with Crippen molar-refractivity contribution in [3.05, 3.63) is 129 Å². The third kappa shape index (κ3) is 6.07. The molecular weight excluding hydrogens is 631 g/mol. The zero-order valence-electron chi connectivity index (χ0n) is 22.4. The van der Waals surface area contributed by atoms with E-state index >= 15 is 0 Å². The zero-order chi connectivity index (χ0) is 29.3. The van der Waals surface area contributed by atoms with Crippen molar-refractivity contribution < 1.29 is 18.7 Å². The third-order valence-electron chi connectivity index (χ3n) is 6.52. The zero-order valence-corrected chi connectivity index (χ0v) is 25.6. The number of hydrogen-bond donors (Lipinski definition) is 0. The lowest BCUT2D eigenvalue weighted by molar-refractivity contribution is -0.139. The van der Waals surface area contributed by atoms with Crippen LogP contribution in [-0.2, 0) is 16.1 Å². The van der Waals surface area contributed by atoms with Gasteiger partial charge in [0.15, 0.2) is 10.6 Å². The molecule has 6 nitrogen and oxygen atoms in total. The molecule has 4 aromatic rings. The molecule has 10 heteroatoms. The molecule has 1 aliphatic heterocycles. The van der Waals surface area contributed by atoms with Crippen LogP contribution in [0, 0.1) is 12.7 Å². The number of hydrogen-bond acceptors (Lipinski definition) is 6. The molecular formula is C31H25BrClFN2O4S. The SMILES string of the molecule is CCOC(=O)C1=C(C)N=c2s/c(=C/c3cc(Cl)c(OCc4ccc(F)cc4)c(Br)c3)c(=O)n2[C@H]1c1ccc(C)cc1. The van der Waals surface area contributed by atoms with Crippen LogP contribution in [0.2, 0.25) is 5.02 Å². The fraction of sp³-hybridized carbons (Fsp3) is 0.194. The van der Waals surface area contributed by atoms with E-state index in [1.165, 1.54) is 23.5 Å². The number of ether oxygens (including phenoxy) is 2. The van der Waals surface area contributed by atoms with Gasteiger partial charge in [-0.1, -0.05) is 64.9 Å². The molecule has 1 aromatic heterocycles. The van der Waals surface area contributed by atoms with Crippen LogP contribution < -0.4 is 19.6 Å². The first-order valence-electron chi connectivity index (χ1n) is 12.8. The Hall–Kier alpha value is -3.53. The summed E-state index contributed by atoms with van der Waals surface area (Å²) in [6.45, 7) is 5.89. The number of thiazole rings is 1. The van der Waals surface area contributed by atoms with Gasteiger partial charge in [0, 0.05) is 0 Å². The first-order chi connectivity index (χ1) is 19.7. The molecule has 0 fully saturated rings. The summed E-state index contributed by atoms with van der Waals surface area (Å²) in [5, 5.41) is 0.346. The Balaban J connectivity index is 1.54. The Morgan fingerprint density at radius 1 is 1.15 bits per heavy atom. The molecule has 0 bridgehead atoms. The van der Waals surface area contributed by atoms with Gasteiger partial charge in [0.1, 0.15) is 12.4 Å². The van der Waals surface area contributed by atoms with E-state index in [0.717, 1.165) is 16.7 Å². The van der Waals surface area contributed by atoms with Crippen molar-refractivity contribution >= 4 is 50.9 Å². The molecule has 0 saturated heterocycles. The molecule has 41 heavy (non-hydrogen) atoms. The van der Waals surface area contributed by atoms with Gasteiger partial charge >= 0.3 is 5.97 Å². The minimum Gasteiger partial charge on any atom is -0.486 e. The number of esters is 1. The van der Waals surface area contributed by atoms with Gasteiger partial charge in [-0.2, -0.15) is 0 Å². The van der Waals surface area contributed by atoms with E-state index < -0.39 is 12.0 Å². The number of allylic oxidation sites excluding steroid dienone is 1. The number of halogens is 3. The topological polar surface area (TPSA) is 69.9 Å². The maximum atomic E-state index is 13.8. The van der Waals surface area contributed by atoms with Gasteiger partial charge < -0.3 is 9.47 Å². The van der Waals surface area contributed by atoms with Crippen molar-refractivity contribution in [2.45, 2.75) is 33.4 Å². The van der Waals surface area contributed by atoms with Crippen molar-refractivity contribution in [3.8, 4) is 5.75 Å². The minimum absolute atomic E-state index is 0.206. The fourth-order valence-corrected chi connectivity index (χ4v) is 6.58. The minimum atomic E-state index is -0.675. The number of carbonyl (C=O) groups is 1. The average molecular weight is 656 g/mol. The predicted octanol–water partition coefficient (Wildman–Crippen LogP) is 6.24. The quantitative estimate of drug-likeness (QED) is 0.221. The standard InChI is InChI=1S/C31H25BrClFN2O4S/c1-4-39-30(38)26-18(3)35-31-36(27(26)21-9-5-17(2)6-10-21)29(37)25(41-31)15-20-13-23(32)28(24(33)14-20)40-16-19-7-11-22(34)12-8-19/h5-15,27H,4,16H2,1-3H3/b25-15+/t27-/m0/s1. The van der Waals surface area contributed by atoms with E-state index in [1.54, 1.807) is 48.8 Å². The molecule has 2 heterocycles. The van der Waals surface area contributed by atoms with Crippen LogP contribution in [0.4, 0.5) is 4.39 Å². The molecule has 5 rings (SSSR count). The van der Waals surface area contributed by atoms with E-state index in [2.05, 4.69) is 20.9 Å². The molecule has 0 unspecified atom stereocenters. The lowest BCUT2D eigenvalue weighted by Crippen LogP contribution is -2.39. The molecule has 0 spiro atoms. The van der Waals surface area contributed by atoms with Crippen LogP contribution in [0.3, 0.4) is 0 Å². The Labute approximate surface area is 253 Å². The lowest BCUT2D eigenvalue weighted by atomic mass is 9.95. The van der Waals surface area contributed by atoms with Crippen LogP contribution in [0.1, 0.15) is 42.1 Å². The Kier molecular flexibility index (Phi) is 8.58. The Bertz CT molecular complexity index is 1820. The van der Waals surface area contributed by atoms with Crippen LogP contribution in [0.5, 0.6) is 5.75 Å². The first kappa shape index (κ1) is 29.0. The smallest absolute Gasteiger partial charge is 0.338 e. The largest absolute Gasteiger partial charge is 0.486 e. The molecule has 210 valence electrons. The Morgan fingerprint density at radius 3 is 2.51 bits per heavy atom. The molecule has 1 atom stereocenters. The molecule has 1 aliphatic rings. The van der Waals surface area contributed by atoms with E-state index in [4.69, 9.17) is 21.1 Å². The lowest BCUT2D eigenvalue weighted by Gasteiger charge is -2.24. The second-order valence-electron chi connectivity index (χ2n) is 9.44. The van der Waals surface area contributed by atoms with Gasteiger partial charge in [0.25, 0.3) is 5.56 Å². The number of aryl methyl sites for hydroxylation is 1. The number of carbonyl (C=O) groups excluding carboxylic acids is 1. The molecule has 3 aromatic carbocycles. The van der Waals surface area contributed by atoms with Crippen molar-refractivity contribution in [2.24, 2.45) is 4.99 Å². The van der Waals surface area contributed by atoms with Crippen LogP contribution >= 0.6 is 38.9 Å². The summed E-state index contributed by atoms with van der Waals surface area (Å²) in [5.41, 5.74) is 3.88. The molecule has 0 saturated carbocycles. The Morgan fingerprint density at radius 2 is 1.85 bits per heavy atom. The van der Waals surface area contributed by atoms with Gasteiger partial charge in [0.2, 0.25) is 0 Å².